The summed E-state index contributed by atoms with van der Waals surface area (Å²) in [5.74, 6) is 0. The molecule has 3 N–H and O–H groups in total. The van der Waals surface area contributed by atoms with Gasteiger partial charge in [-0.25, -0.2) is 0 Å². The molecular weight excluding hydrogens is 236 g/mol. The second-order valence-corrected chi connectivity index (χ2v) is 4.99. The number of rotatable bonds is 4. The number of nitrogens with zero attached hydrogens (tertiary/aromatic N) is 2. The molecule has 0 bridgehead atoms. The maximum atomic E-state index is 6.29. The van der Waals surface area contributed by atoms with Gasteiger partial charge in [-0.05, 0) is 27.3 Å². The summed E-state index contributed by atoms with van der Waals surface area (Å²) in [5.41, 5.74) is 7.50. The Labute approximate surface area is 109 Å². The van der Waals surface area contributed by atoms with Crippen molar-refractivity contribution in [1.82, 2.24) is 10.2 Å². The Balaban J connectivity index is 2.81. The van der Waals surface area contributed by atoms with Gasteiger partial charge >= 0.3 is 0 Å². The Bertz CT molecular complexity index is 310. The van der Waals surface area contributed by atoms with Crippen molar-refractivity contribution < 1.29 is 0 Å². The van der Waals surface area contributed by atoms with Gasteiger partial charge in [0.25, 0.3) is 0 Å². The van der Waals surface area contributed by atoms with Crippen LogP contribution < -0.4 is 11.1 Å². The maximum Gasteiger partial charge on any atom is 0.0830 e. The smallest absolute Gasteiger partial charge is 0.0830 e. The van der Waals surface area contributed by atoms with E-state index < -0.39 is 0 Å². The zero-order chi connectivity index (χ0) is 12.8. The average molecular weight is 259 g/mol. The number of aliphatic imine (C=N–C) groups is 1. The molecule has 98 valence electrons. The molecule has 1 aliphatic heterocycles. The van der Waals surface area contributed by atoms with Gasteiger partial charge in [0.15, 0.2) is 0 Å². The lowest BCUT2D eigenvalue weighted by molar-refractivity contribution is 0.257. The maximum absolute atomic E-state index is 6.29. The third-order valence-electron chi connectivity index (χ3n) is 2.89. The summed E-state index contributed by atoms with van der Waals surface area (Å²) in [6.45, 7) is 7.68. The summed E-state index contributed by atoms with van der Waals surface area (Å²) in [6.07, 6.45) is 1.08. The predicted octanol–water partition coefficient (Wildman–Crippen LogP) is 1.17. The van der Waals surface area contributed by atoms with E-state index >= 15 is 0 Å². The summed E-state index contributed by atoms with van der Waals surface area (Å²) in [4.78, 5) is 6.91. The molecule has 17 heavy (non-hydrogen) atoms. The molecule has 1 heterocycles. The quantitative estimate of drug-likeness (QED) is 0.796. The Morgan fingerprint density at radius 2 is 2.29 bits per heavy atom. The third-order valence-corrected chi connectivity index (χ3v) is 3.35. The largest absolute Gasteiger partial charge is 0.400 e. The van der Waals surface area contributed by atoms with Crippen LogP contribution in [0.5, 0.6) is 0 Å². The van der Waals surface area contributed by atoms with E-state index in [4.69, 9.17) is 17.3 Å². The highest BCUT2D eigenvalue weighted by Crippen LogP contribution is 2.14. The van der Waals surface area contributed by atoms with Crippen molar-refractivity contribution in [2.45, 2.75) is 26.3 Å². The summed E-state index contributed by atoms with van der Waals surface area (Å²) in [5, 5.41) is 3.62. The van der Waals surface area contributed by atoms with Gasteiger partial charge < -0.3 is 11.1 Å². The lowest BCUT2D eigenvalue weighted by Crippen LogP contribution is -2.36. The van der Waals surface area contributed by atoms with Crippen LogP contribution in [0.2, 0.25) is 0 Å². The van der Waals surface area contributed by atoms with E-state index in [-0.39, 0.29) is 0 Å². The molecule has 0 radical (unpaired) electrons. The standard InChI is InChI=1S/C12H23ClN4/c1-9(2)17-6-4-5-16-11(8-17)12(13)10(14)7-15-3/h9,15H,4-8,14H2,1-3H3/b12-10+. The van der Waals surface area contributed by atoms with Crippen molar-refractivity contribution in [1.29, 1.82) is 0 Å². The van der Waals surface area contributed by atoms with Crippen LogP contribution in [-0.2, 0) is 0 Å². The van der Waals surface area contributed by atoms with E-state index in [1.165, 1.54) is 0 Å². The predicted molar refractivity (Wildman–Crippen MR) is 74.6 cm³/mol. The molecule has 5 heteroatoms. The highest BCUT2D eigenvalue weighted by Gasteiger charge is 2.18. The van der Waals surface area contributed by atoms with E-state index in [9.17, 15) is 0 Å². The fourth-order valence-corrected chi connectivity index (χ4v) is 2.03. The molecule has 0 aliphatic carbocycles. The van der Waals surface area contributed by atoms with Crippen LogP contribution in [0, 0.1) is 0 Å². The molecule has 0 aromatic rings. The van der Waals surface area contributed by atoms with E-state index in [1.807, 2.05) is 7.05 Å². The van der Waals surface area contributed by atoms with Crippen molar-refractivity contribution >= 4 is 17.3 Å². The number of hydrogen-bond donors (Lipinski definition) is 2. The van der Waals surface area contributed by atoms with Gasteiger partial charge in [-0.1, -0.05) is 11.6 Å². The first kappa shape index (κ1) is 14.5. The molecule has 0 unspecified atom stereocenters. The fourth-order valence-electron chi connectivity index (χ4n) is 1.84. The molecule has 0 saturated carbocycles. The van der Waals surface area contributed by atoms with Crippen molar-refractivity contribution in [2.75, 3.05) is 33.2 Å². The molecule has 0 aromatic heterocycles. The van der Waals surface area contributed by atoms with Crippen molar-refractivity contribution in [3.05, 3.63) is 10.7 Å². The van der Waals surface area contributed by atoms with E-state index in [1.54, 1.807) is 0 Å². The first-order valence-corrected chi connectivity index (χ1v) is 6.50. The highest BCUT2D eigenvalue weighted by molar-refractivity contribution is 6.44. The van der Waals surface area contributed by atoms with Gasteiger partial charge in [0, 0.05) is 37.9 Å². The summed E-state index contributed by atoms with van der Waals surface area (Å²) < 4.78 is 0. The third kappa shape index (κ3) is 4.30. The van der Waals surface area contributed by atoms with Gasteiger partial charge in [0.05, 0.1) is 10.7 Å². The zero-order valence-electron chi connectivity index (χ0n) is 11.0. The van der Waals surface area contributed by atoms with E-state index in [0.29, 0.717) is 23.3 Å². The molecule has 0 amide bonds. The number of halogens is 1. The second-order valence-electron chi connectivity index (χ2n) is 4.62. The zero-order valence-corrected chi connectivity index (χ0v) is 11.7. The average Bonchev–Trinajstić information content (AvgIpc) is 2.53. The number of nitrogens with one attached hydrogen (secondary N) is 1. The van der Waals surface area contributed by atoms with Crippen LogP contribution in [0.15, 0.2) is 15.7 Å². The minimum Gasteiger partial charge on any atom is -0.400 e. The summed E-state index contributed by atoms with van der Waals surface area (Å²) in [7, 11) is 1.85. The SMILES string of the molecule is CNC/C(N)=C(\Cl)C1=NCCCN(C(C)C)C1. The highest BCUT2D eigenvalue weighted by atomic mass is 35.5. The van der Waals surface area contributed by atoms with Crippen LogP contribution in [0.1, 0.15) is 20.3 Å². The van der Waals surface area contributed by atoms with Gasteiger partial charge in [0.1, 0.15) is 0 Å². The van der Waals surface area contributed by atoms with Crippen LogP contribution >= 0.6 is 11.6 Å². The summed E-state index contributed by atoms with van der Waals surface area (Å²) in [6, 6.07) is 0.508. The monoisotopic (exact) mass is 258 g/mol. The first-order valence-electron chi connectivity index (χ1n) is 6.12. The Morgan fingerprint density at radius 1 is 1.59 bits per heavy atom. The lowest BCUT2D eigenvalue weighted by Gasteiger charge is -2.25. The molecule has 4 nitrogen and oxygen atoms in total. The molecule has 0 spiro atoms. The normalized spacial score (nSPS) is 19.9. The lowest BCUT2D eigenvalue weighted by atomic mass is 10.2. The molecule has 0 fully saturated rings. The van der Waals surface area contributed by atoms with E-state index in [0.717, 1.165) is 31.8 Å². The van der Waals surface area contributed by atoms with Crippen LogP contribution in [0.25, 0.3) is 0 Å². The first-order chi connectivity index (χ1) is 8.06. The molecule has 0 saturated heterocycles. The molecule has 0 atom stereocenters. The molecule has 1 rings (SSSR count). The van der Waals surface area contributed by atoms with Crippen molar-refractivity contribution in [3.8, 4) is 0 Å². The minimum absolute atomic E-state index is 0.508. The molecule has 1 aliphatic rings. The molecular formula is C12H23ClN4. The van der Waals surface area contributed by atoms with Crippen molar-refractivity contribution in [3.63, 3.8) is 0 Å². The van der Waals surface area contributed by atoms with E-state index in [2.05, 4.69) is 29.1 Å². The van der Waals surface area contributed by atoms with Crippen LogP contribution in [-0.4, -0.2) is 49.9 Å². The second kappa shape index (κ2) is 6.99. The Hall–Kier alpha value is -0.580. The number of hydrogen-bond acceptors (Lipinski definition) is 4. The molecule has 0 aromatic carbocycles. The minimum atomic E-state index is 0.508. The van der Waals surface area contributed by atoms with Gasteiger partial charge in [-0.2, -0.15) is 0 Å². The number of nitrogens with two attached hydrogens (primary N) is 1. The summed E-state index contributed by atoms with van der Waals surface area (Å²) >= 11 is 6.29. The van der Waals surface area contributed by atoms with Gasteiger partial charge in [-0.15, -0.1) is 0 Å². The topological polar surface area (TPSA) is 53.6 Å². The van der Waals surface area contributed by atoms with Crippen molar-refractivity contribution in [2.24, 2.45) is 10.7 Å². The Morgan fingerprint density at radius 3 is 2.88 bits per heavy atom. The van der Waals surface area contributed by atoms with Crippen LogP contribution in [0.3, 0.4) is 0 Å². The number of likely N-dealkylation sites (N-methyl/N-ethyl adjacent to an activating group) is 1. The van der Waals surface area contributed by atoms with Crippen LogP contribution in [0.4, 0.5) is 0 Å². The van der Waals surface area contributed by atoms with Gasteiger partial charge in [-0.3, -0.25) is 9.89 Å². The van der Waals surface area contributed by atoms with Gasteiger partial charge in [0.2, 0.25) is 0 Å². The fraction of sp³-hybridized carbons (Fsp3) is 0.750. The Kier molecular flexibility index (Phi) is 5.95.